The smallest absolute Gasteiger partial charge is 0.409 e. The number of carbonyl (C=O) groups excluding carboxylic acids is 1. The van der Waals surface area contributed by atoms with E-state index in [1.54, 1.807) is 4.90 Å². The number of morpholine rings is 1. The molecule has 2 rings (SSSR count). The fourth-order valence-corrected chi connectivity index (χ4v) is 3.20. The van der Waals surface area contributed by atoms with Crippen LogP contribution in [0.15, 0.2) is 4.99 Å². The van der Waals surface area contributed by atoms with Crippen LogP contribution in [-0.2, 0) is 9.47 Å². The highest BCUT2D eigenvalue weighted by Crippen LogP contribution is 2.05. The second-order valence-electron chi connectivity index (χ2n) is 6.57. The maximum absolute atomic E-state index is 11.8. The van der Waals surface area contributed by atoms with Gasteiger partial charge in [0.15, 0.2) is 5.96 Å². The number of nitrogens with zero attached hydrogens (tertiary/aromatic N) is 4. The second-order valence-corrected chi connectivity index (χ2v) is 6.57. The number of nitrogens with one attached hydrogen (secondary N) is 1. The van der Waals surface area contributed by atoms with Crippen LogP contribution in [0.2, 0.25) is 0 Å². The molecule has 1 amide bonds. The number of guanidine groups is 1. The summed E-state index contributed by atoms with van der Waals surface area (Å²) < 4.78 is 10.5. The number of ether oxygens (including phenoxy) is 2. The number of carbonyl (C=O) groups is 1. The Labute approximate surface area is 180 Å². The molecular weight excluding hydrogens is 461 g/mol. The van der Waals surface area contributed by atoms with E-state index < -0.39 is 0 Å². The van der Waals surface area contributed by atoms with Crippen molar-refractivity contribution in [2.24, 2.45) is 4.99 Å². The first kappa shape index (κ1) is 24.2. The van der Waals surface area contributed by atoms with Gasteiger partial charge in [-0.3, -0.25) is 9.89 Å². The summed E-state index contributed by atoms with van der Waals surface area (Å²) in [5.41, 5.74) is 0. The highest BCUT2D eigenvalue weighted by atomic mass is 127. The Hall–Kier alpha value is -0.810. The molecule has 0 aromatic rings. The summed E-state index contributed by atoms with van der Waals surface area (Å²) in [6.45, 7) is 13.9. The van der Waals surface area contributed by atoms with Crippen LogP contribution in [0.1, 0.15) is 26.7 Å². The maximum Gasteiger partial charge on any atom is 0.409 e. The first-order valence-corrected chi connectivity index (χ1v) is 9.99. The number of amides is 1. The highest BCUT2D eigenvalue weighted by Gasteiger charge is 2.23. The molecule has 0 aromatic carbocycles. The Morgan fingerprint density at radius 2 is 1.70 bits per heavy atom. The van der Waals surface area contributed by atoms with Crippen molar-refractivity contribution >= 4 is 36.0 Å². The molecule has 2 fully saturated rings. The third-order valence-corrected chi connectivity index (χ3v) is 4.69. The molecule has 2 aliphatic rings. The van der Waals surface area contributed by atoms with Gasteiger partial charge in [-0.1, -0.05) is 0 Å². The van der Waals surface area contributed by atoms with Crippen LogP contribution in [0.5, 0.6) is 0 Å². The van der Waals surface area contributed by atoms with Gasteiger partial charge in [0.05, 0.1) is 19.8 Å². The topological polar surface area (TPSA) is 69.6 Å². The largest absolute Gasteiger partial charge is 0.450 e. The number of piperazine rings is 1. The lowest BCUT2D eigenvalue weighted by atomic mass is 10.3. The zero-order valence-electron chi connectivity index (χ0n) is 16.8. The average molecular weight is 497 g/mol. The first-order chi connectivity index (χ1) is 12.7. The van der Waals surface area contributed by atoms with Crippen LogP contribution in [-0.4, -0.2) is 105 Å². The second kappa shape index (κ2) is 14.2. The molecule has 0 spiro atoms. The van der Waals surface area contributed by atoms with Crippen LogP contribution >= 0.6 is 24.0 Å². The number of rotatable bonds is 7. The quantitative estimate of drug-likeness (QED) is 0.249. The summed E-state index contributed by atoms with van der Waals surface area (Å²) in [6.07, 6.45) is 2.05. The molecule has 158 valence electrons. The number of halogens is 1. The van der Waals surface area contributed by atoms with E-state index in [2.05, 4.69) is 22.0 Å². The lowest BCUT2D eigenvalue weighted by Crippen LogP contribution is -2.53. The molecule has 0 saturated carbocycles. The average Bonchev–Trinajstić information content (AvgIpc) is 2.68. The molecule has 9 heteroatoms. The normalized spacial score (nSPS) is 18.8. The van der Waals surface area contributed by atoms with Gasteiger partial charge in [-0.2, -0.15) is 0 Å². The van der Waals surface area contributed by atoms with Crippen molar-refractivity contribution in [3.63, 3.8) is 0 Å². The fourth-order valence-electron chi connectivity index (χ4n) is 3.20. The van der Waals surface area contributed by atoms with Gasteiger partial charge in [-0.25, -0.2) is 4.79 Å². The Bertz CT molecular complexity index is 439. The van der Waals surface area contributed by atoms with E-state index >= 15 is 0 Å². The van der Waals surface area contributed by atoms with Gasteiger partial charge in [-0.15, -0.1) is 24.0 Å². The van der Waals surface area contributed by atoms with E-state index in [0.717, 1.165) is 71.4 Å². The predicted molar refractivity (Wildman–Crippen MR) is 118 cm³/mol. The third kappa shape index (κ3) is 8.82. The van der Waals surface area contributed by atoms with Gasteiger partial charge in [0, 0.05) is 52.4 Å². The molecule has 0 unspecified atom stereocenters. The molecule has 8 nitrogen and oxygen atoms in total. The molecular formula is C18H36IN5O3. The fraction of sp³-hybridized carbons (Fsp3) is 0.889. The summed E-state index contributed by atoms with van der Waals surface area (Å²) in [7, 11) is 0. The summed E-state index contributed by atoms with van der Waals surface area (Å²) in [4.78, 5) is 23.1. The van der Waals surface area contributed by atoms with E-state index in [9.17, 15) is 4.79 Å². The van der Waals surface area contributed by atoms with E-state index in [0.29, 0.717) is 19.7 Å². The zero-order chi connectivity index (χ0) is 18.6. The molecule has 0 aliphatic carbocycles. The molecule has 0 bridgehead atoms. The van der Waals surface area contributed by atoms with Crippen molar-refractivity contribution < 1.29 is 14.3 Å². The van der Waals surface area contributed by atoms with Crippen LogP contribution in [0.3, 0.4) is 0 Å². The molecule has 27 heavy (non-hydrogen) atoms. The molecule has 2 aliphatic heterocycles. The van der Waals surface area contributed by atoms with E-state index in [4.69, 9.17) is 14.5 Å². The van der Waals surface area contributed by atoms with Gasteiger partial charge >= 0.3 is 6.09 Å². The summed E-state index contributed by atoms with van der Waals surface area (Å²) in [5.74, 6) is 0.961. The standard InChI is InChI=1S/C18H35N5O3.HI/c1-3-19-17(20-7-5-6-8-21-13-15-25-16-14-21)22-9-11-23(12-10-22)18(24)26-4-2;/h3-16H2,1-2H3,(H,19,20);1H. The van der Waals surface area contributed by atoms with Gasteiger partial charge in [0.25, 0.3) is 0 Å². The van der Waals surface area contributed by atoms with Crippen LogP contribution in [0, 0.1) is 0 Å². The lowest BCUT2D eigenvalue weighted by molar-refractivity contribution is 0.0373. The first-order valence-electron chi connectivity index (χ1n) is 9.99. The Balaban J connectivity index is 0.00000364. The molecule has 1 N–H and O–H groups in total. The summed E-state index contributed by atoms with van der Waals surface area (Å²) in [5, 5.41) is 3.38. The Morgan fingerprint density at radius 1 is 1.04 bits per heavy atom. The van der Waals surface area contributed by atoms with Crippen LogP contribution < -0.4 is 5.32 Å². The van der Waals surface area contributed by atoms with E-state index in [1.165, 1.54) is 6.42 Å². The lowest BCUT2D eigenvalue weighted by Gasteiger charge is -2.35. The minimum absolute atomic E-state index is 0. The van der Waals surface area contributed by atoms with Gasteiger partial charge in [0.1, 0.15) is 0 Å². The number of hydrogen-bond donors (Lipinski definition) is 1. The van der Waals surface area contributed by atoms with Crippen LogP contribution in [0.4, 0.5) is 4.79 Å². The van der Waals surface area contributed by atoms with Crippen molar-refractivity contribution in [3.05, 3.63) is 0 Å². The Morgan fingerprint density at radius 3 is 2.33 bits per heavy atom. The maximum atomic E-state index is 11.8. The molecule has 0 radical (unpaired) electrons. The van der Waals surface area contributed by atoms with Crippen molar-refractivity contribution in [1.29, 1.82) is 0 Å². The van der Waals surface area contributed by atoms with Crippen molar-refractivity contribution in [2.45, 2.75) is 26.7 Å². The number of aliphatic imine (C=N–C) groups is 1. The van der Waals surface area contributed by atoms with Gasteiger partial charge in [0.2, 0.25) is 0 Å². The SMILES string of the molecule is CCNC(=NCCCCN1CCOCC1)N1CCN(C(=O)OCC)CC1.I. The third-order valence-electron chi connectivity index (χ3n) is 4.69. The number of unbranched alkanes of at least 4 members (excludes halogenated alkanes) is 1. The van der Waals surface area contributed by atoms with Crippen molar-refractivity contribution in [3.8, 4) is 0 Å². The minimum atomic E-state index is -0.211. The van der Waals surface area contributed by atoms with Crippen molar-refractivity contribution in [2.75, 3.05) is 78.7 Å². The number of hydrogen-bond acceptors (Lipinski definition) is 5. The minimum Gasteiger partial charge on any atom is -0.450 e. The van der Waals surface area contributed by atoms with Gasteiger partial charge < -0.3 is 24.6 Å². The monoisotopic (exact) mass is 497 g/mol. The summed E-state index contributed by atoms with van der Waals surface area (Å²) >= 11 is 0. The molecule has 0 atom stereocenters. The van der Waals surface area contributed by atoms with Crippen molar-refractivity contribution in [1.82, 2.24) is 20.0 Å². The summed E-state index contributed by atoms with van der Waals surface area (Å²) in [6, 6.07) is 0. The van der Waals surface area contributed by atoms with E-state index in [1.807, 2.05) is 6.92 Å². The molecule has 0 aromatic heterocycles. The van der Waals surface area contributed by atoms with E-state index in [-0.39, 0.29) is 30.1 Å². The zero-order valence-corrected chi connectivity index (χ0v) is 19.2. The van der Waals surface area contributed by atoms with Gasteiger partial charge in [-0.05, 0) is 33.2 Å². The Kier molecular flexibility index (Phi) is 12.8. The van der Waals surface area contributed by atoms with Crippen LogP contribution in [0.25, 0.3) is 0 Å². The molecule has 2 heterocycles. The highest BCUT2D eigenvalue weighted by molar-refractivity contribution is 14.0. The molecule has 2 saturated heterocycles. The predicted octanol–water partition coefficient (Wildman–Crippen LogP) is 1.46.